The van der Waals surface area contributed by atoms with Gasteiger partial charge in [-0.3, -0.25) is 14.9 Å². The van der Waals surface area contributed by atoms with Gasteiger partial charge < -0.3 is 14.2 Å². The van der Waals surface area contributed by atoms with Crippen LogP contribution in [-0.2, 0) is 4.74 Å². The quantitative estimate of drug-likeness (QED) is 0.154. The van der Waals surface area contributed by atoms with E-state index in [0.717, 1.165) is 0 Å². The maximum atomic E-state index is 13.0. The number of nitrogens with zero attached hydrogens (tertiary/aromatic N) is 2. The predicted octanol–water partition coefficient (Wildman–Crippen LogP) is 4.87. The van der Waals surface area contributed by atoms with Crippen molar-refractivity contribution >= 4 is 28.3 Å². The van der Waals surface area contributed by atoms with Gasteiger partial charge in [0.05, 0.1) is 35.9 Å². The number of Topliss-reactive ketones (excluding diaryl/α,β-unsaturated/α-hetero) is 1. The maximum absolute atomic E-state index is 13.0. The Morgan fingerprint density at radius 1 is 0.914 bits per heavy atom. The number of pyridine rings is 1. The van der Waals surface area contributed by atoms with Gasteiger partial charge in [0.1, 0.15) is 0 Å². The van der Waals surface area contributed by atoms with Crippen LogP contribution in [0.3, 0.4) is 0 Å². The number of carbonyl (C=O) groups excluding carboxylic acids is 2. The van der Waals surface area contributed by atoms with Gasteiger partial charge in [0, 0.05) is 28.6 Å². The van der Waals surface area contributed by atoms with Crippen molar-refractivity contribution in [2.75, 3.05) is 20.8 Å². The number of non-ortho nitro benzene ring substituents is 1. The number of hydrogen-bond acceptors (Lipinski definition) is 8. The van der Waals surface area contributed by atoms with Crippen LogP contribution < -0.4 is 9.47 Å². The Kier molecular flexibility index (Phi) is 6.68. The van der Waals surface area contributed by atoms with Gasteiger partial charge in [-0.1, -0.05) is 18.2 Å². The highest BCUT2D eigenvalue weighted by molar-refractivity contribution is 6.06. The lowest BCUT2D eigenvalue weighted by molar-refractivity contribution is -0.384. The fraction of sp³-hybridized carbons (Fsp3) is 0.115. The SMILES string of the molecule is COc1ccc(-c2cc(C(=O)OCC(=O)c3ccc([N+](=O)[O-])cc3)c3ccccc3n2)cc1OC. The second kappa shape index (κ2) is 10.0. The largest absolute Gasteiger partial charge is 0.493 e. The van der Waals surface area contributed by atoms with Crippen molar-refractivity contribution in [3.63, 3.8) is 0 Å². The second-order valence-corrected chi connectivity index (χ2v) is 7.45. The number of aromatic nitrogens is 1. The zero-order chi connectivity index (χ0) is 24.9. The summed E-state index contributed by atoms with van der Waals surface area (Å²) in [6, 6.07) is 19.1. The summed E-state index contributed by atoms with van der Waals surface area (Å²) < 4.78 is 16.0. The van der Waals surface area contributed by atoms with Crippen LogP contribution in [0.4, 0.5) is 5.69 Å². The van der Waals surface area contributed by atoms with Crippen LogP contribution in [-0.4, -0.2) is 42.5 Å². The third-order valence-corrected chi connectivity index (χ3v) is 5.35. The van der Waals surface area contributed by atoms with E-state index in [1.165, 1.54) is 38.5 Å². The van der Waals surface area contributed by atoms with Gasteiger partial charge in [-0.05, 0) is 42.5 Å². The number of ether oxygens (including phenoxy) is 3. The molecule has 176 valence electrons. The number of benzene rings is 3. The molecular weight excluding hydrogens is 452 g/mol. The first-order valence-electron chi connectivity index (χ1n) is 10.5. The minimum atomic E-state index is -0.694. The molecule has 4 aromatic rings. The van der Waals surface area contributed by atoms with E-state index in [0.29, 0.717) is 33.7 Å². The lowest BCUT2D eigenvalue weighted by atomic mass is 10.0. The van der Waals surface area contributed by atoms with Gasteiger partial charge in [-0.2, -0.15) is 0 Å². The van der Waals surface area contributed by atoms with Crippen LogP contribution in [0.5, 0.6) is 11.5 Å². The molecule has 9 heteroatoms. The first-order valence-corrected chi connectivity index (χ1v) is 10.5. The summed E-state index contributed by atoms with van der Waals surface area (Å²) in [7, 11) is 3.07. The molecule has 0 saturated carbocycles. The Balaban J connectivity index is 1.62. The van der Waals surface area contributed by atoms with Gasteiger partial charge >= 0.3 is 5.97 Å². The Morgan fingerprint density at radius 3 is 2.31 bits per heavy atom. The molecule has 0 fully saturated rings. The molecule has 0 aliphatic heterocycles. The molecule has 1 heterocycles. The first-order chi connectivity index (χ1) is 16.9. The van der Waals surface area contributed by atoms with Gasteiger partial charge in [0.25, 0.3) is 5.69 Å². The number of nitro benzene ring substituents is 1. The van der Waals surface area contributed by atoms with Gasteiger partial charge in [-0.25, -0.2) is 9.78 Å². The highest BCUT2D eigenvalue weighted by atomic mass is 16.6. The Morgan fingerprint density at radius 2 is 1.63 bits per heavy atom. The second-order valence-electron chi connectivity index (χ2n) is 7.45. The number of hydrogen-bond donors (Lipinski definition) is 0. The number of ketones is 1. The minimum absolute atomic E-state index is 0.135. The van der Waals surface area contributed by atoms with E-state index in [-0.39, 0.29) is 16.8 Å². The van der Waals surface area contributed by atoms with Gasteiger partial charge in [0.15, 0.2) is 23.9 Å². The van der Waals surface area contributed by atoms with Crippen molar-refractivity contribution in [1.82, 2.24) is 4.98 Å². The summed E-state index contributed by atoms with van der Waals surface area (Å²) in [4.78, 5) is 40.4. The molecule has 0 radical (unpaired) electrons. The summed E-state index contributed by atoms with van der Waals surface area (Å²) in [6.45, 7) is -0.515. The molecule has 0 aliphatic rings. The number of para-hydroxylation sites is 1. The third kappa shape index (κ3) is 4.93. The molecule has 0 saturated heterocycles. The van der Waals surface area contributed by atoms with E-state index in [9.17, 15) is 19.7 Å². The van der Waals surface area contributed by atoms with E-state index in [2.05, 4.69) is 4.98 Å². The smallest absolute Gasteiger partial charge is 0.339 e. The van der Waals surface area contributed by atoms with E-state index >= 15 is 0 Å². The number of esters is 1. The highest BCUT2D eigenvalue weighted by Crippen LogP contribution is 2.33. The molecule has 0 atom stereocenters. The third-order valence-electron chi connectivity index (χ3n) is 5.35. The van der Waals surface area contributed by atoms with Crippen LogP contribution in [0.25, 0.3) is 22.2 Å². The van der Waals surface area contributed by atoms with E-state index in [1.54, 1.807) is 48.5 Å². The van der Waals surface area contributed by atoms with E-state index in [1.807, 2.05) is 0 Å². The molecule has 0 unspecified atom stereocenters. The lowest BCUT2D eigenvalue weighted by Crippen LogP contribution is -2.15. The zero-order valence-electron chi connectivity index (χ0n) is 18.9. The van der Waals surface area contributed by atoms with E-state index < -0.39 is 23.3 Å². The topological polar surface area (TPSA) is 118 Å². The van der Waals surface area contributed by atoms with Crippen LogP contribution in [0.2, 0.25) is 0 Å². The van der Waals surface area contributed by atoms with Crippen molar-refractivity contribution in [2.45, 2.75) is 0 Å². The van der Waals surface area contributed by atoms with Crippen molar-refractivity contribution in [3.8, 4) is 22.8 Å². The van der Waals surface area contributed by atoms with Crippen molar-refractivity contribution in [1.29, 1.82) is 0 Å². The zero-order valence-corrected chi connectivity index (χ0v) is 18.9. The fourth-order valence-electron chi connectivity index (χ4n) is 3.55. The average Bonchev–Trinajstić information content (AvgIpc) is 2.90. The van der Waals surface area contributed by atoms with Crippen molar-refractivity contribution in [3.05, 3.63) is 94.0 Å². The monoisotopic (exact) mass is 472 g/mol. The van der Waals surface area contributed by atoms with Crippen LogP contribution >= 0.6 is 0 Å². The number of methoxy groups -OCH3 is 2. The molecule has 35 heavy (non-hydrogen) atoms. The first kappa shape index (κ1) is 23.4. The van der Waals surface area contributed by atoms with Crippen LogP contribution in [0, 0.1) is 10.1 Å². The lowest BCUT2D eigenvalue weighted by Gasteiger charge is -2.12. The normalized spacial score (nSPS) is 10.6. The van der Waals surface area contributed by atoms with Gasteiger partial charge in [-0.15, -0.1) is 0 Å². The molecule has 0 N–H and O–H groups in total. The number of fused-ring (bicyclic) bond motifs is 1. The summed E-state index contributed by atoms with van der Waals surface area (Å²) in [5, 5.41) is 11.4. The molecule has 0 amide bonds. The highest BCUT2D eigenvalue weighted by Gasteiger charge is 2.18. The van der Waals surface area contributed by atoms with E-state index in [4.69, 9.17) is 14.2 Å². The molecule has 9 nitrogen and oxygen atoms in total. The summed E-state index contributed by atoms with van der Waals surface area (Å²) >= 11 is 0. The van der Waals surface area contributed by atoms with Crippen LogP contribution in [0.1, 0.15) is 20.7 Å². The summed E-state index contributed by atoms with van der Waals surface area (Å²) in [5.41, 5.74) is 2.10. The molecule has 0 aliphatic carbocycles. The molecule has 3 aromatic carbocycles. The molecule has 1 aromatic heterocycles. The summed E-state index contributed by atoms with van der Waals surface area (Å²) in [5.74, 6) is -0.105. The molecule has 0 spiro atoms. The standard InChI is InChI=1S/C26H20N2O7/c1-33-24-12-9-17(13-25(24)34-2)22-14-20(19-5-3-4-6-21(19)27-22)26(30)35-15-23(29)16-7-10-18(11-8-16)28(31)32/h3-14H,15H2,1-2H3. The molecule has 4 rings (SSSR count). The van der Waals surface area contributed by atoms with Crippen molar-refractivity contribution < 1.29 is 28.7 Å². The predicted molar refractivity (Wildman–Crippen MR) is 128 cm³/mol. The summed E-state index contributed by atoms with van der Waals surface area (Å²) in [6.07, 6.45) is 0. The minimum Gasteiger partial charge on any atom is -0.493 e. The fourth-order valence-corrected chi connectivity index (χ4v) is 3.55. The van der Waals surface area contributed by atoms with Crippen molar-refractivity contribution in [2.24, 2.45) is 0 Å². The number of rotatable bonds is 8. The maximum Gasteiger partial charge on any atom is 0.339 e. The molecule has 0 bridgehead atoms. The van der Waals surface area contributed by atoms with Gasteiger partial charge in [0.2, 0.25) is 0 Å². The van der Waals surface area contributed by atoms with Crippen LogP contribution in [0.15, 0.2) is 72.8 Å². The Bertz CT molecular complexity index is 1430. The Hall–Kier alpha value is -4.79. The average molecular weight is 472 g/mol. The number of nitro groups is 1. The number of carbonyl (C=O) groups is 2. The Labute approximate surface area is 200 Å². The molecular formula is C26H20N2O7.